The molecule has 45 heavy (non-hydrogen) atoms. The fraction of sp³-hybridized carbons (Fsp3) is 0.476. The Morgan fingerprint density at radius 2 is 1.56 bits per heavy atom. The van der Waals surface area contributed by atoms with Crippen molar-refractivity contribution in [2.24, 2.45) is 0 Å². The van der Waals surface area contributed by atoms with Gasteiger partial charge in [-0.1, -0.05) is 24.5 Å². The summed E-state index contributed by atoms with van der Waals surface area (Å²) in [6.07, 6.45) is -8.35. The Morgan fingerprint density at radius 3 is 2.29 bits per heavy atom. The van der Waals surface area contributed by atoms with Gasteiger partial charge in [-0.2, -0.15) is 4.98 Å². The number of imidazole rings is 2. The molecule has 4 aromatic rings. The van der Waals surface area contributed by atoms with Crippen LogP contribution < -0.4 is 17.0 Å². The van der Waals surface area contributed by atoms with Crippen LogP contribution in [-0.4, -0.2) is 89.1 Å². The van der Waals surface area contributed by atoms with Gasteiger partial charge in [-0.05, 0) is 6.07 Å². The summed E-state index contributed by atoms with van der Waals surface area (Å²) in [6, 6.07) is 1.52. The van der Waals surface area contributed by atoms with E-state index in [1.54, 1.807) is 0 Å². The zero-order chi connectivity index (χ0) is 31.8. The van der Waals surface area contributed by atoms with E-state index in [0.717, 1.165) is 0 Å². The summed E-state index contributed by atoms with van der Waals surface area (Å²) in [5.74, 6) is -0.234. The molecule has 0 radical (unpaired) electrons. The summed E-state index contributed by atoms with van der Waals surface area (Å²) in [7, 11) is 0. The summed E-state index contributed by atoms with van der Waals surface area (Å²) in [4.78, 5) is 31.1. The predicted molar refractivity (Wildman–Crippen MR) is 158 cm³/mol. The summed E-state index contributed by atoms with van der Waals surface area (Å²) >= 11 is 8.05. The van der Waals surface area contributed by atoms with Gasteiger partial charge in [-0.25, -0.2) is 28.5 Å². The van der Waals surface area contributed by atoms with Crippen LogP contribution >= 0.6 is 38.1 Å². The molecule has 3 aliphatic rings. The molecule has 3 fully saturated rings. The third kappa shape index (κ3) is 5.57. The summed E-state index contributed by atoms with van der Waals surface area (Å²) in [6.45, 7) is -10.1. The van der Waals surface area contributed by atoms with E-state index in [-0.39, 0.29) is 22.8 Å². The number of aliphatic hydroxyl groups is 1. The van der Waals surface area contributed by atoms with E-state index in [1.165, 1.54) is 34.1 Å². The largest absolute Gasteiger partial charge is 0.397 e. The first-order valence-electron chi connectivity index (χ1n) is 13.1. The Hall–Kier alpha value is -2.62. The minimum Gasteiger partial charge on any atom is -0.397 e. The number of H-pyrrole nitrogens is 1. The molecule has 4 aromatic heterocycles. The minimum absolute atomic E-state index is 0.0478. The summed E-state index contributed by atoms with van der Waals surface area (Å²) in [5.41, 5.74) is 11.6. The van der Waals surface area contributed by atoms with Gasteiger partial charge in [0.15, 0.2) is 35.4 Å². The molecular weight excluding hydrogens is 683 g/mol. The first-order chi connectivity index (χ1) is 21.3. The monoisotopic (exact) mass is 707 g/mol. The molecule has 10 atom stereocenters. The smallest absolute Gasteiger partial charge is 0.386 e. The number of anilines is 2. The number of aromatic nitrogens is 7. The number of halogens is 1. The van der Waals surface area contributed by atoms with E-state index in [1.807, 2.05) is 0 Å². The summed E-state index contributed by atoms with van der Waals surface area (Å²) in [5, 5.41) is 11.1. The number of fused-ring (bicyclic) bond motifs is 5. The first-order valence-corrected chi connectivity index (χ1v) is 18.4. The number of pyridine rings is 1. The molecule has 2 unspecified atom stereocenters. The van der Waals surface area contributed by atoms with E-state index in [4.69, 9.17) is 39.0 Å². The van der Waals surface area contributed by atoms with Gasteiger partial charge in [0.25, 0.3) is 5.56 Å². The molecule has 7 heterocycles. The van der Waals surface area contributed by atoms with Crippen molar-refractivity contribution in [3.8, 4) is 0 Å². The van der Waals surface area contributed by atoms with E-state index in [0.29, 0.717) is 11.2 Å². The number of nitrogens with two attached hydrogens (primary N) is 2. The molecular formula is C21H24FN9O10P2S2. The number of rotatable bonds is 2. The van der Waals surface area contributed by atoms with Crippen LogP contribution in [0.15, 0.2) is 29.7 Å². The van der Waals surface area contributed by atoms with Crippen molar-refractivity contribution in [1.29, 1.82) is 0 Å². The molecule has 0 spiro atoms. The van der Waals surface area contributed by atoms with Crippen LogP contribution in [0.1, 0.15) is 12.5 Å². The Bertz CT molecular complexity index is 1950. The lowest BCUT2D eigenvalue weighted by Crippen LogP contribution is -2.35. The Kier molecular flexibility index (Phi) is 7.76. The normalized spacial score (nSPS) is 37.7. The van der Waals surface area contributed by atoms with Gasteiger partial charge in [0.1, 0.15) is 36.0 Å². The fourth-order valence-electron chi connectivity index (χ4n) is 5.34. The van der Waals surface area contributed by atoms with Crippen LogP contribution in [0.25, 0.3) is 22.3 Å². The Balaban J connectivity index is 1.21. The minimum atomic E-state index is -4.41. The van der Waals surface area contributed by atoms with Gasteiger partial charge in [0.2, 0.25) is 5.95 Å². The maximum Gasteiger partial charge on any atom is 0.386 e. The molecule has 7 rings (SSSR count). The van der Waals surface area contributed by atoms with Crippen LogP contribution in [0.4, 0.5) is 16.0 Å². The van der Waals surface area contributed by atoms with Crippen LogP contribution in [0.3, 0.4) is 0 Å². The maximum atomic E-state index is 16.0. The van der Waals surface area contributed by atoms with Crippen molar-refractivity contribution in [2.45, 2.75) is 49.1 Å². The standard InChI is InChI=1S/C21H24FN9O10P2S2/c22-10-14-9(39-19(10)30-5-26-11-7(23)1-2-25-16(11)30)4-37-43(35,45)41-15-13(32)8(3-36-42(34,44)40-14)38-20(15)31-6-27-12-17(31)28-21(24)29-18(12)33/h1-2,5-6,8-10,13-15,19-20,32H,3-4H2,(H2,23,25)(H,34,44)(H,35,45)(H3,24,28,29,33)/t8-,9-,10?,13+,14+,15?,19-,20-,42-,43-/m1/s1. The van der Waals surface area contributed by atoms with Crippen LogP contribution in [0, 0.1) is 0 Å². The molecule has 6 N–H and O–H groups in total. The average Bonchev–Trinajstić information content (AvgIpc) is 3.72. The topological polar surface area (TPSA) is 256 Å². The van der Waals surface area contributed by atoms with Gasteiger partial charge < -0.3 is 26.0 Å². The van der Waals surface area contributed by atoms with Gasteiger partial charge in [-0.15, -0.1) is 0 Å². The SMILES string of the molecule is Nc1nc2c(ncn2[C@@H]2O[C@@H]3CO[P@@](=O)(S)O[C@@H]4C(F)[C@H](n5cnc6c(N)ccnc65)O[C@@H]4CO[P@@](=O)(S)OC2[C@H]3O)c(=O)[nH]1. The highest BCUT2D eigenvalue weighted by molar-refractivity contribution is 8.44. The van der Waals surface area contributed by atoms with Crippen LogP contribution in [0.5, 0.6) is 0 Å². The molecule has 2 bridgehead atoms. The number of aliphatic hydroxyl groups excluding tert-OH is 1. The van der Waals surface area contributed by atoms with Gasteiger partial charge >= 0.3 is 13.6 Å². The lowest BCUT2D eigenvalue weighted by Gasteiger charge is -2.26. The third-order valence-electron chi connectivity index (χ3n) is 7.38. The first kappa shape index (κ1) is 31.0. The number of alkyl halides is 1. The zero-order valence-electron chi connectivity index (χ0n) is 22.5. The van der Waals surface area contributed by atoms with Crippen molar-refractivity contribution in [3.63, 3.8) is 0 Å². The lowest BCUT2D eigenvalue weighted by atomic mass is 10.1. The van der Waals surface area contributed by atoms with Crippen molar-refractivity contribution >= 4 is 72.1 Å². The zero-order valence-corrected chi connectivity index (χ0v) is 26.0. The second-order valence-electron chi connectivity index (χ2n) is 10.2. The highest BCUT2D eigenvalue weighted by Gasteiger charge is 2.54. The van der Waals surface area contributed by atoms with Gasteiger partial charge in [-0.3, -0.25) is 37.0 Å². The fourth-order valence-corrected chi connectivity index (χ4v) is 8.29. The molecule has 3 saturated heterocycles. The number of nitrogen functional groups attached to an aromatic ring is 2. The number of hydrogen-bond acceptors (Lipinski definition) is 16. The molecule has 0 aromatic carbocycles. The second kappa shape index (κ2) is 11.3. The van der Waals surface area contributed by atoms with Gasteiger partial charge in [0, 0.05) is 6.20 Å². The number of nitrogens with one attached hydrogen (secondary N) is 1. The number of nitrogens with zero attached hydrogens (tertiary/aromatic N) is 6. The van der Waals surface area contributed by atoms with E-state index < -0.39 is 81.5 Å². The van der Waals surface area contributed by atoms with Crippen molar-refractivity contribution in [2.75, 3.05) is 24.7 Å². The van der Waals surface area contributed by atoms with Crippen molar-refractivity contribution in [3.05, 3.63) is 35.3 Å². The van der Waals surface area contributed by atoms with Crippen molar-refractivity contribution in [1.82, 2.24) is 34.1 Å². The number of hydrogen-bond donors (Lipinski definition) is 6. The summed E-state index contributed by atoms with van der Waals surface area (Å²) < 4.78 is 79.2. The Morgan fingerprint density at radius 1 is 0.933 bits per heavy atom. The van der Waals surface area contributed by atoms with Crippen molar-refractivity contribution < 1.29 is 46.2 Å². The molecule has 19 nitrogen and oxygen atoms in total. The molecule has 0 amide bonds. The van der Waals surface area contributed by atoms with E-state index >= 15 is 4.39 Å². The molecule has 24 heteroatoms. The number of aromatic amines is 1. The quantitative estimate of drug-likeness (QED) is 0.126. The average molecular weight is 708 g/mol. The molecule has 242 valence electrons. The van der Waals surface area contributed by atoms with Crippen LogP contribution in [-0.2, 0) is 36.7 Å². The Labute approximate surface area is 261 Å². The van der Waals surface area contributed by atoms with E-state index in [2.05, 4.69) is 49.4 Å². The number of ether oxygens (including phenoxy) is 2. The molecule has 3 aliphatic heterocycles. The highest BCUT2D eigenvalue weighted by atomic mass is 32.7. The van der Waals surface area contributed by atoms with Crippen LogP contribution in [0.2, 0.25) is 0 Å². The van der Waals surface area contributed by atoms with E-state index in [9.17, 15) is 19.0 Å². The molecule has 0 aliphatic carbocycles. The third-order valence-corrected chi connectivity index (χ3v) is 10.6. The second-order valence-corrected chi connectivity index (χ2v) is 16.0. The highest BCUT2D eigenvalue weighted by Crippen LogP contribution is 2.60. The van der Waals surface area contributed by atoms with Gasteiger partial charge in [0.05, 0.1) is 31.6 Å². The molecule has 0 saturated carbocycles. The maximum absolute atomic E-state index is 16.0. The number of thiol groups is 2. The lowest BCUT2D eigenvalue weighted by molar-refractivity contribution is -0.0568. The predicted octanol–water partition coefficient (Wildman–Crippen LogP) is 1.12.